The summed E-state index contributed by atoms with van der Waals surface area (Å²) < 4.78 is 33.2. The van der Waals surface area contributed by atoms with Gasteiger partial charge < -0.3 is 15.4 Å². The van der Waals surface area contributed by atoms with Crippen molar-refractivity contribution in [2.45, 2.75) is 45.1 Å². The van der Waals surface area contributed by atoms with Gasteiger partial charge in [-0.15, -0.1) is 0 Å². The zero-order valence-electron chi connectivity index (χ0n) is 20.2. The van der Waals surface area contributed by atoms with Crippen LogP contribution < -0.4 is 15.4 Å². The first-order chi connectivity index (χ1) is 16.1. The van der Waals surface area contributed by atoms with Crippen LogP contribution in [0.25, 0.3) is 0 Å². The van der Waals surface area contributed by atoms with Gasteiger partial charge in [0.05, 0.1) is 18.6 Å². The van der Waals surface area contributed by atoms with Crippen molar-refractivity contribution in [1.82, 2.24) is 14.9 Å². The molecule has 0 atom stereocenters. The van der Waals surface area contributed by atoms with Crippen molar-refractivity contribution in [3.63, 3.8) is 0 Å². The Morgan fingerprint density at radius 3 is 2.32 bits per heavy atom. The van der Waals surface area contributed by atoms with E-state index in [0.717, 1.165) is 24.2 Å². The highest BCUT2D eigenvalue weighted by molar-refractivity contribution is 7.89. The van der Waals surface area contributed by atoms with E-state index in [4.69, 9.17) is 4.74 Å². The second-order valence-corrected chi connectivity index (χ2v) is 10.7. The van der Waals surface area contributed by atoms with Crippen molar-refractivity contribution in [3.8, 4) is 5.75 Å². The summed E-state index contributed by atoms with van der Waals surface area (Å²) in [5.74, 6) is 0.393. The Morgan fingerprint density at radius 1 is 1.06 bits per heavy atom. The number of carbonyl (C=O) groups excluding carboxylic acids is 2. The lowest BCUT2D eigenvalue weighted by atomic mass is 10.0. The summed E-state index contributed by atoms with van der Waals surface area (Å²) in [6.45, 7) is 6.72. The van der Waals surface area contributed by atoms with E-state index in [1.165, 1.54) is 10.4 Å². The molecule has 0 aliphatic carbocycles. The molecule has 1 saturated heterocycles. The summed E-state index contributed by atoms with van der Waals surface area (Å²) >= 11 is 0. The second kappa shape index (κ2) is 11.0. The first kappa shape index (κ1) is 25.7. The number of piperidine rings is 1. The monoisotopic (exact) mass is 487 g/mol. The number of ether oxygens (including phenoxy) is 1. The highest BCUT2D eigenvalue weighted by atomic mass is 32.2. The van der Waals surface area contributed by atoms with Crippen molar-refractivity contribution in [2.24, 2.45) is 5.92 Å². The summed E-state index contributed by atoms with van der Waals surface area (Å²) in [5, 5.41) is 5.33. The summed E-state index contributed by atoms with van der Waals surface area (Å²) in [6, 6.07) is 10.4. The van der Waals surface area contributed by atoms with Crippen LogP contribution in [0, 0.1) is 19.8 Å². The first-order valence-corrected chi connectivity index (χ1v) is 12.8. The highest BCUT2D eigenvalue weighted by Gasteiger charge is 2.30. The smallest absolute Gasteiger partial charge is 0.251 e. The molecule has 8 nitrogen and oxygen atoms in total. The molecule has 0 aromatic heterocycles. The van der Waals surface area contributed by atoms with E-state index >= 15 is 0 Å². The molecular weight excluding hydrogens is 454 g/mol. The topological polar surface area (TPSA) is 105 Å². The van der Waals surface area contributed by atoms with Gasteiger partial charge in [-0.3, -0.25) is 9.59 Å². The molecule has 2 N–H and O–H groups in total. The van der Waals surface area contributed by atoms with Gasteiger partial charge in [-0.1, -0.05) is 19.1 Å². The summed E-state index contributed by atoms with van der Waals surface area (Å²) in [6.07, 6.45) is 1.64. The third-order valence-electron chi connectivity index (χ3n) is 6.30. The lowest BCUT2D eigenvalue weighted by Gasteiger charge is -2.30. The van der Waals surface area contributed by atoms with E-state index in [-0.39, 0.29) is 22.9 Å². The fourth-order valence-electron chi connectivity index (χ4n) is 3.86. The molecule has 34 heavy (non-hydrogen) atoms. The Kier molecular flexibility index (Phi) is 8.33. The third kappa shape index (κ3) is 6.15. The number of amides is 2. The number of aryl methyl sites for hydroxylation is 1. The maximum Gasteiger partial charge on any atom is 0.251 e. The molecule has 0 radical (unpaired) electrons. The van der Waals surface area contributed by atoms with Crippen molar-refractivity contribution >= 4 is 21.8 Å². The highest BCUT2D eigenvalue weighted by Crippen LogP contribution is 2.28. The van der Waals surface area contributed by atoms with E-state index in [0.29, 0.717) is 36.7 Å². The molecule has 1 aliphatic heterocycles. The molecule has 2 aromatic rings. The van der Waals surface area contributed by atoms with Gasteiger partial charge in [0.15, 0.2) is 0 Å². The molecule has 1 aliphatic rings. The number of hydrogen-bond acceptors (Lipinski definition) is 5. The zero-order valence-corrected chi connectivity index (χ0v) is 21.0. The predicted octanol–water partition coefficient (Wildman–Crippen LogP) is 2.78. The average Bonchev–Trinajstić information content (AvgIpc) is 2.83. The Labute approximate surface area is 201 Å². The molecule has 2 amide bonds. The fourth-order valence-corrected chi connectivity index (χ4v) is 5.65. The number of nitrogens with one attached hydrogen (secondary N) is 2. The molecule has 9 heteroatoms. The molecule has 0 saturated carbocycles. The molecular formula is C25H33N3O5S. The molecule has 3 rings (SSSR count). The first-order valence-electron chi connectivity index (χ1n) is 11.4. The number of sulfonamides is 1. The number of rotatable bonds is 8. The van der Waals surface area contributed by atoms with Crippen LogP contribution in [-0.2, 0) is 21.4 Å². The Balaban J connectivity index is 1.64. The van der Waals surface area contributed by atoms with Gasteiger partial charge in [-0.2, -0.15) is 4.31 Å². The number of methoxy groups -OCH3 is 1. The number of hydrogen-bond donors (Lipinski definition) is 2. The minimum Gasteiger partial charge on any atom is -0.497 e. The van der Waals surface area contributed by atoms with Gasteiger partial charge in [-0.25, -0.2) is 8.42 Å². The molecule has 184 valence electrons. The van der Waals surface area contributed by atoms with Gasteiger partial charge in [0.25, 0.3) is 5.91 Å². The van der Waals surface area contributed by atoms with Crippen LogP contribution in [0.15, 0.2) is 41.3 Å². The Bertz CT molecular complexity index is 1140. The SMILES string of the molecule is COc1ccc(CNC(=O)CNC(=O)c2cc(C)c(C)c(S(=O)(=O)N3CCC(C)CC3)c2)cc1. The minimum atomic E-state index is -3.71. The van der Waals surface area contributed by atoms with E-state index in [2.05, 4.69) is 17.6 Å². The van der Waals surface area contributed by atoms with Crippen molar-refractivity contribution in [2.75, 3.05) is 26.7 Å². The molecule has 0 spiro atoms. The van der Waals surface area contributed by atoms with Gasteiger partial charge in [-0.05, 0) is 73.6 Å². The number of carbonyl (C=O) groups is 2. The van der Waals surface area contributed by atoms with Crippen LogP contribution in [0.3, 0.4) is 0 Å². The molecule has 2 aromatic carbocycles. The standard InChI is InChI=1S/C25H33N3O5S/c1-17-9-11-28(12-10-17)34(31,32)23-14-21(13-18(2)19(23)3)25(30)27-16-24(29)26-15-20-5-7-22(33-4)8-6-20/h5-8,13-14,17H,9-12,15-16H2,1-4H3,(H,26,29)(H,27,30). The fraction of sp³-hybridized carbons (Fsp3) is 0.440. The van der Waals surface area contributed by atoms with E-state index < -0.39 is 15.9 Å². The van der Waals surface area contributed by atoms with Gasteiger partial charge in [0, 0.05) is 25.2 Å². The lowest BCUT2D eigenvalue weighted by molar-refractivity contribution is -0.120. The quantitative estimate of drug-likeness (QED) is 0.596. The normalized spacial score (nSPS) is 15.1. The summed E-state index contributed by atoms with van der Waals surface area (Å²) in [4.78, 5) is 25.1. The van der Waals surface area contributed by atoms with E-state index in [1.807, 2.05) is 12.1 Å². The summed E-state index contributed by atoms with van der Waals surface area (Å²) in [7, 11) is -2.12. The Hall–Kier alpha value is -2.91. The van der Waals surface area contributed by atoms with Gasteiger partial charge in [0.2, 0.25) is 15.9 Å². The van der Waals surface area contributed by atoms with Crippen LogP contribution >= 0.6 is 0 Å². The van der Waals surface area contributed by atoms with Crippen molar-refractivity contribution in [3.05, 3.63) is 58.7 Å². The van der Waals surface area contributed by atoms with E-state index in [9.17, 15) is 18.0 Å². The van der Waals surface area contributed by atoms with Crippen LogP contribution in [0.2, 0.25) is 0 Å². The molecule has 0 unspecified atom stereocenters. The zero-order chi connectivity index (χ0) is 24.9. The van der Waals surface area contributed by atoms with Crippen LogP contribution in [0.4, 0.5) is 0 Å². The van der Waals surface area contributed by atoms with Crippen LogP contribution in [0.1, 0.15) is 46.8 Å². The van der Waals surface area contributed by atoms with E-state index in [1.54, 1.807) is 39.2 Å². The second-order valence-electron chi connectivity index (χ2n) is 8.81. The minimum absolute atomic E-state index is 0.149. The number of benzene rings is 2. The largest absolute Gasteiger partial charge is 0.497 e. The van der Waals surface area contributed by atoms with Crippen LogP contribution in [0.5, 0.6) is 5.75 Å². The maximum atomic E-state index is 13.3. The maximum absolute atomic E-state index is 13.3. The van der Waals surface area contributed by atoms with Crippen LogP contribution in [-0.4, -0.2) is 51.3 Å². The van der Waals surface area contributed by atoms with Gasteiger partial charge >= 0.3 is 0 Å². The van der Waals surface area contributed by atoms with Crippen molar-refractivity contribution in [1.29, 1.82) is 0 Å². The molecule has 1 heterocycles. The van der Waals surface area contributed by atoms with Crippen molar-refractivity contribution < 1.29 is 22.7 Å². The third-order valence-corrected chi connectivity index (χ3v) is 8.33. The Morgan fingerprint density at radius 2 is 1.71 bits per heavy atom. The molecule has 1 fully saturated rings. The predicted molar refractivity (Wildman–Crippen MR) is 130 cm³/mol. The number of nitrogens with zero attached hydrogens (tertiary/aromatic N) is 1. The van der Waals surface area contributed by atoms with Gasteiger partial charge in [0.1, 0.15) is 5.75 Å². The lowest BCUT2D eigenvalue weighted by Crippen LogP contribution is -2.38. The summed E-state index contributed by atoms with van der Waals surface area (Å²) in [5.41, 5.74) is 2.46. The average molecular weight is 488 g/mol. The molecule has 0 bridgehead atoms.